The van der Waals surface area contributed by atoms with Gasteiger partial charge in [-0.05, 0) is 24.8 Å². The molecule has 0 aliphatic heterocycles. The Bertz CT molecular complexity index is 476. The maximum absolute atomic E-state index is 11.8. The highest BCUT2D eigenvalue weighted by molar-refractivity contribution is 7.84. The average Bonchev–Trinajstić information content (AvgIpc) is 2.86. The summed E-state index contributed by atoms with van der Waals surface area (Å²) < 4.78 is 11.0. The Morgan fingerprint density at radius 2 is 2.15 bits per heavy atom. The summed E-state index contributed by atoms with van der Waals surface area (Å²) in [5.41, 5.74) is 0. The molecule has 1 aromatic heterocycles. The van der Waals surface area contributed by atoms with Crippen LogP contribution in [-0.4, -0.2) is 39.4 Å². The zero-order valence-electron chi connectivity index (χ0n) is 11.3. The first kappa shape index (κ1) is 16.6. The number of hydrogen-bond acceptors (Lipinski definition) is 4. The monoisotopic (exact) mass is 318 g/mol. The van der Waals surface area contributed by atoms with Crippen LogP contribution in [-0.2, 0) is 15.6 Å². The van der Waals surface area contributed by atoms with Crippen molar-refractivity contribution in [3.05, 3.63) is 22.4 Å². The van der Waals surface area contributed by atoms with E-state index >= 15 is 0 Å². The maximum atomic E-state index is 11.8. The summed E-state index contributed by atoms with van der Waals surface area (Å²) in [5.74, 6) is -0.612. The summed E-state index contributed by atoms with van der Waals surface area (Å²) >= 11 is 1.27. The van der Waals surface area contributed by atoms with Crippen molar-refractivity contribution >= 4 is 34.1 Å². The first-order valence-electron chi connectivity index (χ1n) is 6.03. The van der Waals surface area contributed by atoms with E-state index in [1.165, 1.54) is 11.3 Å². The molecule has 20 heavy (non-hydrogen) atoms. The predicted molar refractivity (Wildman–Crippen MR) is 79.4 cm³/mol. The molecule has 0 aliphatic rings. The number of carboxylic acid groups (broad SMARTS) is 1. The maximum Gasteiger partial charge on any atom is 0.331 e. The van der Waals surface area contributed by atoms with Gasteiger partial charge in [0.2, 0.25) is 0 Å². The van der Waals surface area contributed by atoms with E-state index < -0.39 is 28.8 Å². The predicted octanol–water partition coefficient (Wildman–Crippen LogP) is 1.33. The molecule has 8 heteroatoms. The van der Waals surface area contributed by atoms with Crippen molar-refractivity contribution in [2.75, 3.05) is 12.0 Å². The van der Waals surface area contributed by atoms with Gasteiger partial charge in [-0.25, -0.2) is 9.59 Å². The molecule has 3 atom stereocenters. The molecule has 112 valence electrons. The highest BCUT2D eigenvalue weighted by Crippen LogP contribution is 2.18. The fourth-order valence-corrected chi connectivity index (χ4v) is 2.97. The van der Waals surface area contributed by atoms with Gasteiger partial charge in [-0.3, -0.25) is 4.21 Å². The summed E-state index contributed by atoms with van der Waals surface area (Å²) in [4.78, 5) is 23.5. The number of thiophene rings is 1. The van der Waals surface area contributed by atoms with E-state index in [1.54, 1.807) is 30.7 Å². The van der Waals surface area contributed by atoms with Crippen LogP contribution >= 0.6 is 11.3 Å². The van der Waals surface area contributed by atoms with Crippen molar-refractivity contribution in [3.63, 3.8) is 0 Å². The summed E-state index contributed by atoms with van der Waals surface area (Å²) in [5, 5.41) is 15.9. The molecule has 0 fully saturated rings. The lowest BCUT2D eigenvalue weighted by Crippen LogP contribution is -2.44. The van der Waals surface area contributed by atoms with Crippen molar-refractivity contribution in [2.45, 2.75) is 25.4 Å². The molecule has 0 bridgehead atoms. The van der Waals surface area contributed by atoms with Gasteiger partial charge in [-0.15, -0.1) is 11.3 Å². The summed E-state index contributed by atoms with van der Waals surface area (Å²) in [6, 6.07) is 1.63. The van der Waals surface area contributed by atoms with Gasteiger partial charge in [0.05, 0.1) is 0 Å². The number of urea groups is 1. The second-order valence-corrected chi connectivity index (χ2v) is 6.91. The quantitative estimate of drug-likeness (QED) is 0.707. The number of hydrogen-bond donors (Lipinski definition) is 3. The molecule has 3 unspecified atom stereocenters. The average molecular weight is 318 g/mol. The molecule has 3 N–H and O–H groups in total. The molecule has 1 aromatic rings. The molecule has 0 radical (unpaired) electrons. The van der Waals surface area contributed by atoms with Crippen LogP contribution < -0.4 is 10.6 Å². The fourth-order valence-electron chi connectivity index (χ4n) is 1.52. The van der Waals surface area contributed by atoms with Crippen LogP contribution in [0.2, 0.25) is 0 Å². The lowest BCUT2D eigenvalue weighted by atomic mass is 10.2. The first-order chi connectivity index (χ1) is 9.40. The molecular weight excluding hydrogens is 300 g/mol. The van der Waals surface area contributed by atoms with Crippen molar-refractivity contribution < 1.29 is 18.9 Å². The van der Waals surface area contributed by atoms with Crippen molar-refractivity contribution in [3.8, 4) is 0 Å². The Morgan fingerprint density at radius 3 is 2.65 bits per heavy atom. The Labute approximate surface area is 124 Å². The molecule has 2 amide bonds. The second kappa shape index (κ2) is 8.01. The third-order valence-corrected chi connectivity index (χ3v) is 4.31. The molecule has 0 aromatic carbocycles. The molecule has 0 saturated heterocycles. The fraction of sp³-hybridized carbons (Fsp3) is 0.500. The number of aliphatic carboxylic acids is 1. The minimum Gasteiger partial charge on any atom is -0.479 e. The topological polar surface area (TPSA) is 95.5 Å². The number of rotatable bonds is 7. The Kier molecular flexibility index (Phi) is 6.66. The second-order valence-electron chi connectivity index (χ2n) is 4.37. The SMILES string of the molecule is CC(CCS(C)=O)NC(=O)NC(C(=O)O)c1cccs1. The number of carbonyl (C=O) groups is 2. The molecule has 6 nitrogen and oxygen atoms in total. The minimum atomic E-state index is -1.11. The van der Waals surface area contributed by atoms with Crippen molar-refractivity contribution in [1.82, 2.24) is 10.6 Å². The molecule has 0 aliphatic carbocycles. The van der Waals surface area contributed by atoms with Gasteiger partial charge in [-0.2, -0.15) is 0 Å². The van der Waals surface area contributed by atoms with Crippen LogP contribution in [0, 0.1) is 0 Å². The number of carbonyl (C=O) groups excluding carboxylic acids is 1. The van der Waals surface area contributed by atoms with E-state index in [0.717, 1.165) is 0 Å². The van der Waals surface area contributed by atoms with E-state index in [9.17, 15) is 13.8 Å². The highest BCUT2D eigenvalue weighted by atomic mass is 32.2. The third kappa shape index (κ3) is 5.70. The van der Waals surface area contributed by atoms with Gasteiger partial charge in [-0.1, -0.05) is 6.07 Å². The number of amides is 2. The summed E-state index contributed by atoms with van der Waals surface area (Å²) in [7, 11) is -0.907. The number of carboxylic acids is 1. The van der Waals surface area contributed by atoms with Crippen LogP contribution in [0.25, 0.3) is 0 Å². The minimum absolute atomic E-state index is 0.170. The Morgan fingerprint density at radius 1 is 1.45 bits per heavy atom. The smallest absolute Gasteiger partial charge is 0.331 e. The van der Waals surface area contributed by atoms with Gasteiger partial charge in [0.1, 0.15) is 0 Å². The molecule has 0 saturated carbocycles. The van der Waals surface area contributed by atoms with Crippen LogP contribution in [0.4, 0.5) is 4.79 Å². The molecular formula is C12H18N2O4S2. The van der Waals surface area contributed by atoms with Crippen LogP contribution in [0.3, 0.4) is 0 Å². The normalized spacial score (nSPS) is 15.1. The Hall–Kier alpha value is -1.41. The van der Waals surface area contributed by atoms with Crippen molar-refractivity contribution in [2.24, 2.45) is 0 Å². The highest BCUT2D eigenvalue weighted by Gasteiger charge is 2.23. The zero-order valence-corrected chi connectivity index (χ0v) is 12.9. The van der Waals surface area contributed by atoms with Gasteiger partial charge < -0.3 is 15.7 Å². The van der Waals surface area contributed by atoms with Crippen LogP contribution in [0.15, 0.2) is 17.5 Å². The third-order valence-electron chi connectivity index (χ3n) is 2.57. The van der Waals surface area contributed by atoms with E-state index in [0.29, 0.717) is 17.1 Å². The van der Waals surface area contributed by atoms with E-state index in [4.69, 9.17) is 5.11 Å². The largest absolute Gasteiger partial charge is 0.479 e. The standard InChI is InChI=1S/C12H18N2O4S2/c1-8(5-7-20(2)18)13-12(17)14-10(11(15)16)9-4-3-6-19-9/h3-4,6,8,10H,5,7H2,1-2H3,(H,15,16)(H2,13,14,17). The molecule has 1 rings (SSSR count). The first-order valence-corrected chi connectivity index (χ1v) is 8.64. The van der Waals surface area contributed by atoms with Crippen LogP contribution in [0.5, 0.6) is 0 Å². The van der Waals surface area contributed by atoms with E-state index in [2.05, 4.69) is 10.6 Å². The van der Waals surface area contributed by atoms with Gasteiger partial charge in [0, 0.05) is 33.7 Å². The van der Waals surface area contributed by atoms with Gasteiger partial charge >= 0.3 is 12.0 Å². The molecule has 1 heterocycles. The van der Waals surface area contributed by atoms with E-state index in [1.807, 2.05) is 0 Å². The number of nitrogens with one attached hydrogen (secondary N) is 2. The Balaban J connectivity index is 2.51. The summed E-state index contributed by atoms with van der Waals surface area (Å²) in [6.07, 6.45) is 2.18. The zero-order chi connectivity index (χ0) is 15.1. The lowest BCUT2D eigenvalue weighted by Gasteiger charge is -2.17. The van der Waals surface area contributed by atoms with Gasteiger partial charge in [0.15, 0.2) is 6.04 Å². The lowest BCUT2D eigenvalue weighted by molar-refractivity contribution is -0.139. The van der Waals surface area contributed by atoms with Gasteiger partial charge in [0.25, 0.3) is 0 Å². The molecule has 0 spiro atoms. The van der Waals surface area contributed by atoms with Crippen LogP contribution in [0.1, 0.15) is 24.3 Å². The van der Waals surface area contributed by atoms with E-state index in [-0.39, 0.29) is 6.04 Å². The summed E-state index contributed by atoms with van der Waals surface area (Å²) in [6.45, 7) is 1.79. The van der Waals surface area contributed by atoms with Crippen molar-refractivity contribution in [1.29, 1.82) is 0 Å².